The summed E-state index contributed by atoms with van der Waals surface area (Å²) in [6.45, 7) is 0.665. The summed E-state index contributed by atoms with van der Waals surface area (Å²) in [5, 5.41) is 22.4. The Balaban J connectivity index is 1.92. The fourth-order valence-electron chi connectivity index (χ4n) is 2.02. The van der Waals surface area contributed by atoms with Crippen molar-refractivity contribution in [3.05, 3.63) is 64.7 Å². The highest BCUT2D eigenvalue weighted by atomic mass is 35.5. The van der Waals surface area contributed by atoms with Gasteiger partial charge in [-0.1, -0.05) is 48.0 Å². The van der Waals surface area contributed by atoms with Crippen LogP contribution in [0, 0.1) is 0 Å². The van der Waals surface area contributed by atoms with E-state index in [4.69, 9.17) is 11.6 Å². The first-order valence-corrected chi connectivity index (χ1v) is 6.92. The molecule has 3 nitrogen and oxygen atoms in total. The van der Waals surface area contributed by atoms with Gasteiger partial charge in [0.15, 0.2) is 0 Å². The number of hydrogen-bond acceptors (Lipinski definition) is 3. The van der Waals surface area contributed by atoms with Gasteiger partial charge < -0.3 is 15.5 Å². The van der Waals surface area contributed by atoms with Gasteiger partial charge in [-0.2, -0.15) is 0 Å². The monoisotopic (exact) mass is 291 g/mol. The lowest BCUT2D eigenvalue weighted by molar-refractivity contribution is 0.241. The summed E-state index contributed by atoms with van der Waals surface area (Å²) in [6.07, 6.45) is 0.767. The van der Waals surface area contributed by atoms with E-state index >= 15 is 0 Å². The number of rotatable bonds is 6. The highest BCUT2D eigenvalue weighted by Crippen LogP contribution is 2.23. The molecule has 0 saturated heterocycles. The third-order valence-electron chi connectivity index (χ3n) is 3.15. The summed E-state index contributed by atoms with van der Waals surface area (Å²) >= 11 is 5.87. The van der Waals surface area contributed by atoms with Crippen molar-refractivity contribution in [1.29, 1.82) is 0 Å². The van der Waals surface area contributed by atoms with E-state index in [-0.39, 0.29) is 18.4 Å². The minimum atomic E-state index is -0.00928. The van der Waals surface area contributed by atoms with Crippen LogP contribution in [0.1, 0.15) is 11.1 Å². The van der Waals surface area contributed by atoms with Crippen molar-refractivity contribution >= 4 is 11.6 Å². The van der Waals surface area contributed by atoms with Crippen molar-refractivity contribution in [2.24, 2.45) is 0 Å². The lowest BCUT2D eigenvalue weighted by Crippen LogP contribution is -2.34. The van der Waals surface area contributed by atoms with Gasteiger partial charge in [-0.3, -0.25) is 0 Å². The van der Waals surface area contributed by atoms with E-state index in [2.05, 4.69) is 5.32 Å². The molecular formula is C16H18ClNO2. The number of nitrogens with one attached hydrogen (secondary N) is 1. The van der Waals surface area contributed by atoms with Crippen LogP contribution in [0.3, 0.4) is 0 Å². The molecule has 3 N–H and O–H groups in total. The Morgan fingerprint density at radius 2 is 1.80 bits per heavy atom. The molecule has 0 heterocycles. The Morgan fingerprint density at radius 3 is 2.45 bits per heavy atom. The molecule has 2 aromatic carbocycles. The zero-order chi connectivity index (χ0) is 14.4. The number of halogens is 1. The molecule has 0 bridgehead atoms. The van der Waals surface area contributed by atoms with Gasteiger partial charge in [0.25, 0.3) is 0 Å². The molecule has 0 spiro atoms. The van der Waals surface area contributed by atoms with Crippen LogP contribution < -0.4 is 5.32 Å². The van der Waals surface area contributed by atoms with Crippen LogP contribution >= 0.6 is 11.6 Å². The molecule has 106 valence electrons. The van der Waals surface area contributed by atoms with Gasteiger partial charge in [0.2, 0.25) is 0 Å². The SMILES string of the molecule is OC[C@@H](Cc1ccccc1)NCc1ccc(O)c(Cl)c1. The second kappa shape index (κ2) is 7.29. The molecule has 0 aliphatic rings. The molecule has 0 amide bonds. The van der Waals surface area contributed by atoms with Crippen molar-refractivity contribution in [2.75, 3.05) is 6.61 Å². The van der Waals surface area contributed by atoms with Crippen LogP contribution in [0.2, 0.25) is 5.02 Å². The topological polar surface area (TPSA) is 52.5 Å². The summed E-state index contributed by atoms with van der Waals surface area (Å²) in [5.74, 6) is 0.0819. The Bertz CT molecular complexity index is 545. The lowest BCUT2D eigenvalue weighted by Gasteiger charge is -2.16. The van der Waals surface area contributed by atoms with Gasteiger partial charge in [-0.25, -0.2) is 0 Å². The van der Waals surface area contributed by atoms with E-state index in [0.717, 1.165) is 12.0 Å². The molecule has 0 aromatic heterocycles. The van der Waals surface area contributed by atoms with E-state index in [1.165, 1.54) is 5.56 Å². The van der Waals surface area contributed by atoms with E-state index in [0.29, 0.717) is 11.6 Å². The van der Waals surface area contributed by atoms with E-state index in [9.17, 15) is 10.2 Å². The number of hydrogen-bond donors (Lipinski definition) is 3. The average Bonchev–Trinajstić information content (AvgIpc) is 2.48. The second-order valence-electron chi connectivity index (χ2n) is 4.74. The second-order valence-corrected chi connectivity index (χ2v) is 5.14. The molecule has 2 aromatic rings. The summed E-state index contributed by atoms with van der Waals surface area (Å²) in [5.41, 5.74) is 2.15. The normalized spacial score (nSPS) is 12.3. The van der Waals surface area contributed by atoms with Gasteiger partial charge in [0, 0.05) is 12.6 Å². The van der Waals surface area contributed by atoms with Gasteiger partial charge >= 0.3 is 0 Å². The molecule has 1 atom stereocenters. The number of phenolic OH excluding ortho intramolecular Hbond substituents is 1. The molecule has 0 fully saturated rings. The van der Waals surface area contributed by atoms with Crippen LogP contribution in [0.4, 0.5) is 0 Å². The van der Waals surface area contributed by atoms with Gasteiger partial charge in [-0.05, 0) is 29.7 Å². The predicted octanol–water partition coefficient (Wildman–Crippen LogP) is 2.74. The fraction of sp³-hybridized carbons (Fsp3) is 0.250. The van der Waals surface area contributed by atoms with Crippen molar-refractivity contribution in [3.63, 3.8) is 0 Å². The first kappa shape index (κ1) is 14.9. The van der Waals surface area contributed by atoms with Gasteiger partial charge in [-0.15, -0.1) is 0 Å². The number of aromatic hydroxyl groups is 1. The van der Waals surface area contributed by atoms with E-state index in [1.54, 1.807) is 12.1 Å². The summed E-state index contributed by atoms with van der Waals surface area (Å²) in [6, 6.07) is 15.1. The average molecular weight is 292 g/mol. The smallest absolute Gasteiger partial charge is 0.134 e. The van der Waals surface area contributed by atoms with Crippen LogP contribution in [-0.2, 0) is 13.0 Å². The zero-order valence-corrected chi connectivity index (χ0v) is 11.8. The molecule has 4 heteroatoms. The Morgan fingerprint density at radius 1 is 1.05 bits per heavy atom. The van der Waals surface area contributed by atoms with Crippen LogP contribution in [0.25, 0.3) is 0 Å². The quantitative estimate of drug-likeness (QED) is 0.767. The molecule has 0 aliphatic carbocycles. The first-order valence-electron chi connectivity index (χ1n) is 6.54. The molecule has 2 rings (SSSR count). The minimum absolute atomic E-state index is 0.00928. The molecule has 20 heavy (non-hydrogen) atoms. The van der Waals surface area contributed by atoms with Gasteiger partial charge in [0.05, 0.1) is 11.6 Å². The Labute approximate surface area is 123 Å². The zero-order valence-electron chi connectivity index (χ0n) is 11.1. The largest absolute Gasteiger partial charge is 0.506 e. The lowest BCUT2D eigenvalue weighted by atomic mass is 10.1. The van der Waals surface area contributed by atoms with Crippen molar-refractivity contribution in [3.8, 4) is 5.75 Å². The molecule has 0 unspecified atom stereocenters. The third kappa shape index (κ3) is 4.23. The molecule has 0 radical (unpaired) electrons. The highest BCUT2D eigenvalue weighted by Gasteiger charge is 2.08. The number of aliphatic hydroxyl groups excluding tert-OH is 1. The molecule has 0 saturated carbocycles. The fourth-order valence-corrected chi connectivity index (χ4v) is 2.23. The third-order valence-corrected chi connectivity index (χ3v) is 3.46. The maximum Gasteiger partial charge on any atom is 0.134 e. The van der Waals surface area contributed by atoms with Crippen LogP contribution in [0.5, 0.6) is 5.75 Å². The highest BCUT2D eigenvalue weighted by molar-refractivity contribution is 6.32. The summed E-state index contributed by atoms with van der Waals surface area (Å²) in [4.78, 5) is 0. The maximum atomic E-state index is 9.44. The van der Waals surface area contributed by atoms with Crippen LogP contribution in [-0.4, -0.2) is 22.9 Å². The number of benzene rings is 2. The number of aliphatic hydroxyl groups is 1. The predicted molar refractivity (Wildman–Crippen MR) is 81.0 cm³/mol. The maximum absolute atomic E-state index is 9.44. The summed E-state index contributed by atoms with van der Waals surface area (Å²) in [7, 11) is 0. The molecular weight excluding hydrogens is 274 g/mol. The standard InChI is InChI=1S/C16H18ClNO2/c17-15-9-13(6-7-16(15)20)10-18-14(11-19)8-12-4-2-1-3-5-12/h1-7,9,14,18-20H,8,10-11H2/t14-/m1/s1. The molecule has 0 aliphatic heterocycles. The van der Waals surface area contributed by atoms with Gasteiger partial charge in [0.1, 0.15) is 5.75 Å². The first-order chi connectivity index (χ1) is 9.69. The van der Waals surface area contributed by atoms with Crippen molar-refractivity contribution < 1.29 is 10.2 Å². The minimum Gasteiger partial charge on any atom is -0.506 e. The Hall–Kier alpha value is -1.55. The van der Waals surface area contributed by atoms with E-state index < -0.39 is 0 Å². The Kier molecular flexibility index (Phi) is 5.41. The summed E-state index contributed by atoms with van der Waals surface area (Å²) < 4.78 is 0. The van der Waals surface area contributed by atoms with Crippen molar-refractivity contribution in [2.45, 2.75) is 19.0 Å². The van der Waals surface area contributed by atoms with E-state index in [1.807, 2.05) is 36.4 Å². The van der Waals surface area contributed by atoms with Crippen molar-refractivity contribution in [1.82, 2.24) is 5.32 Å². The van der Waals surface area contributed by atoms with Crippen LogP contribution in [0.15, 0.2) is 48.5 Å². The number of phenols is 1.